The van der Waals surface area contributed by atoms with Gasteiger partial charge in [0.05, 0.1) is 0 Å². The Kier molecular flexibility index (Phi) is 5.88. The van der Waals surface area contributed by atoms with E-state index < -0.39 is 0 Å². The van der Waals surface area contributed by atoms with Gasteiger partial charge < -0.3 is 14.7 Å². The van der Waals surface area contributed by atoms with Crippen molar-refractivity contribution in [2.45, 2.75) is 13.5 Å². The number of hydrogen-bond acceptors (Lipinski definition) is 4. The number of aromatic nitrogens is 2. The Morgan fingerprint density at radius 3 is 2.59 bits per heavy atom. The maximum Gasteiger partial charge on any atom is 0.322 e. The molecule has 1 N–H and O–H groups in total. The Balaban J connectivity index is 1.70. The number of urea groups is 1. The summed E-state index contributed by atoms with van der Waals surface area (Å²) in [5, 5.41) is 7.41. The average Bonchev–Trinajstić information content (AvgIpc) is 3.12. The third-order valence-electron chi connectivity index (χ3n) is 3.84. The number of rotatable bonds is 6. The van der Waals surface area contributed by atoms with Gasteiger partial charge in [0.15, 0.2) is 0 Å². The molecular weight excluding hydrogens is 364 g/mol. The number of aryl methyl sites for hydroxylation is 1. The summed E-state index contributed by atoms with van der Waals surface area (Å²) in [7, 11) is 0. The first-order valence-electron chi connectivity index (χ1n) is 8.37. The van der Waals surface area contributed by atoms with Crippen LogP contribution in [0.15, 0.2) is 65.7 Å². The van der Waals surface area contributed by atoms with E-state index >= 15 is 0 Å². The van der Waals surface area contributed by atoms with Crippen molar-refractivity contribution in [3.05, 3.63) is 77.7 Å². The third kappa shape index (κ3) is 4.95. The lowest BCUT2D eigenvalue weighted by Gasteiger charge is -2.19. The first-order chi connectivity index (χ1) is 13.0. The number of halogens is 1. The van der Waals surface area contributed by atoms with Gasteiger partial charge in [-0.25, -0.2) is 4.79 Å². The Labute approximate surface area is 162 Å². The summed E-state index contributed by atoms with van der Waals surface area (Å²) in [5.41, 5.74) is 2.65. The van der Waals surface area contributed by atoms with Crippen LogP contribution in [0.2, 0.25) is 5.02 Å². The zero-order valence-electron chi connectivity index (χ0n) is 14.9. The van der Waals surface area contributed by atoms with Crippen LogP contribution in [0.25, 0.3) is 11.4 Å². The topological polar surface area (TPSA) is 71.3 Å². The number of benzene rings is 2. The van der Waals surface area contributed by atoms with Gasteiger partial charge in [0.25, 0.3) is 0 Å². The average molecular weight is 383 g/mol. The van der Waals surface area contributed by atoms with E-state index in [4.69, 9.17) is 16.1 Å². The molecule has 138 valence electrons. The minimum Gasteiger partial charge on any atom is -0.337 e. The lowest BCUT2D eigenvalue weighted by atomic mass is 10.1. The Bertz CT molecular complexity index is 920. The van der Waals surface area contributed by atoms with Crippen molar-refractivity contribution in [2.24, 2.45) is 0 Å². The van der Waals surface area contributed by atoms with E-state index in [1.165, 1.54) is 4.90 Å². The zero-order chi connectivity index (χ0) is 19.2. The normalized spacial score (nSPS) is 10.4. The Hall–Kier alpha value is -3.12. The lowest BCUT2D eigenvalue weighted by Crippen LogP contribution is -2.34. The summed E-state index contributed by atoms with van der Waals surface area (Å²) in [6.07, 6.45) is 1.64. The van der Waals surface area contributed by atoms with Crippen molar-refractivity contribution >= 4 is 23.3 Å². The van der Waals surface area contributed by atoms with Crippen molar-refractivity contribution < 1.29 is 9.32 Å². The summed E-state index contributed by atoms with van der Waals surface area (Å²) >= 11 is 5.87. The minimum atomic E-state index is -0.299. The molecule has 1 heterocycles. The molecule has 7 heteroatoms. The molecule has 0 saturated heterocycles. The fourth-order valence-electron chi connectivity index (χ4n) is 2.41. The van der Waals surface area contributed by atoms with Crippen LogP contribution in [0.5, 0.6) is 0 Å². The van der Waals surface area contributed by atoms with Crippen LogP contribution in [0.1, 0.15) is 11.5 Å². The molecule has 0 aliphatic rings. The summed E-state index contributed by atoms with van der Waals surface area (Å²) in [5.74, 6) is 0.834. The van der Waals surface area contributed by atoms with Crippen molar-refractivity contribution in [3.63, 3.8) is 0 Å². The van der Waals surface area contributed by atoms with E-state index in [1.54, 1.807) is 30.3 Å². The van der Waals surface area contributed by atoms with Gasteiger partial charge in [-0.1, -0.05) is 52.7 Å². The van der Waals surface area contributed by atoms with Gasteiger partial charge in [0.2, 0.25) is 11.7 Å². The molecule has 6 nitrogen and oxygen atoms in total. The minimum absolute atomic E-state index is 0.171. The second kappa shape index (κ2) is 8.51. The molecule has 1 aromatic heterocycles. The molecule has 0 unspecified atom stereocenters. The predicted molar refractivity (Wildman–Crippen MR) is 106 cm³/mol. The molecule has 0 radical (unpaired) electrons. The third-order valence-corrected chi connectivity index (χ3v) is 4.09. The molecule has 3 rings (SSSR count). The van der Waals surface area contributed by atoms with Crippen LogP contribution >= 0.6 is 11.6 Å². The summed E-state index contributed by atoms with van der Waals surface area (Å²) in [6, 6.07) is 14.4. The first kappa shape index (κ1) is 18.7. The van der Waals surface area contributed by atoms with E-state index in [0.29, 0.717) is 29.0 Å². The number of carbonyl (C=O) groups is 1. The largest absolute Gasteiger partial charge is 0.337 e. The number of anilines is 1. The second-order valence-electron chi connectivity index (χ2n) is 5.98. The molecule has 0 spiro atoms. The zero-order valence-corrected chi connectivity index (χ0v) is 15.6. The van der Waals surface area contributed by atoms with Gasteiger partial charge >= 0.3 is 6.03 Å². The van der Waals surface area contributed by atoms with Crippen molar-refractivity contribution in [1.82, 2.24) is 15.0 Å². The van der Waals surface area contributed by atoms with E-state index in [0.717, 1.165) is 11.1 Å². The highest BCUT2D eigenvalue weighted by Gasteiger charge is 2.17. The van der Waals surface area contributed by atoms with Crippen LogP contribution in [0.4, 0.5) is 10.5 Å². The summed E-state index contributed by atoms with van der Waals surface area (Å²) in [6.45, 7) is 6.22. The molecule has 0 atom stereocenters. The van der Waals surface area contributed by atoms with Crippen molar-refractivity contribution in [2.75, 3.05) is 11.9 Å². The number of nitrogens with zero attached hydrogens (tertiary/aromatic N) is 3. The molecule has 0 bridgehead atoms. The summed E-state index contributed by atoms with van der Waals surface area (Å²) < 4.78 is 5.31. The summed E-state index contributed by atoms with van der Waals surface area (Å²) in [4.78, 5) is 18.5. The molecule has 3 aromatic rings. The highest BCUT2D eigenvalue weighted by atomic mass is 35.5. The second-order valence-corrected chi connectivity index (χ2v) is 6.42. The molecule has 0 aliphatic heterocycles. The van der Waals surface area contributed by atoms with E-state index in [-0.39, 0.29) is 12.6 Å². The molecule has 0 saturated carbocycles. The van der Waals surface area contributed by atoms with Gasteiger partial charge in [-0.15, -0.1) is 6.58 Å². The highest BCUT2D eigenvalue weighted by Crippen LogP contribution is 2.18. The number of amides is 2. The molecule has 27 heavy (non-hydrogen) atoms. The number of nitrogens with one attached hydrogen (secondary N) is 1. The van der Waals surface area contributed by atoms with Crippen molar-refractivity contribution in [1.29, 1.82) is 0 Å². The first-order valence-corrected chi connectivity index (χ1v) is 8.75. The van der Waals surface area contributed by atoms with Crippen LogP contribution in [0, 0.1) is 6.92 Å². The van der Waals surface area contributed by atoms with Crippen LogP contribution in [-0.2, 0) is 6.54 Å². The number of hydrogen-bond donors (Lipinski definition) is 1. The maximum absolute atomic E-state index is 12.6. The van der Waals surface area contributed by atoms with Gasteiger partial charge in [-0.05, 0) is 31.2 Å². The van der Waals surface area contributed by atoms with Crippen LogP contribution in [0.3, 0.4) is 0 Å². The van der Waals surface area contributed by atoms with E-state index in [9.17, 15) is 4.79 Å². The Morgan fingerprint density at radius 2 is 1.93 bits per heavy atom. The highest BCUT2D eigenvalue weighted by molar-refractivity contribution is 6.30. The predicted octanol–water partition coefficient (Wildman–Crippen LogP) is 4.92. The maximum atomic E-state index is 12.6. The molecule has 0 fully saturated rings. The molecule has 2 amide bonds. The van der Waals surface area contributed by atoms with Gasteiger partial charge in [-0.2, -0.15) is 4.98 Å². The fraction of sp³-hybridized carbons (Fsp3) is 0.150. The van der Waals surface area contributed by atoms with Gasteiger partial charge in [-0.3, -0.25) is 0 Å². The quantitative estimate of drug-likeness (QED) is 0.614. The Morgan fingerprint density at radius 1 is 1.22 bits per heavy atom. The smallest absolute Gasteiger partial charge is 0.322 e. The lowest BCUT2D eigenvalue weighted by molar-refractivity contribution is 0.206. The standard InChI is InChI=1S/C20H19ClN4O2/c1-3-12-25(20(26)22-17-10-8-16(21)9-11-17)13-18-23-19(24-27-18)15-6-4-14(2)5-7-15/h3-11H,1,12-13H2,2H3,(H,22,26). The van der Waals surface area contributed by atoms with E-state index in [1.807, 2.05) is 31.2 Å². The SMILES string of the molecule is C=CCN(Cc1nc(-c2ccc(C)cc2)no1)C(=O)Nc1ccc(Cl)cc1. The van der Waals surface area contributed by atoms with E-state index in [2.05, 4.69) is 22.0 Å². The monoisotopic (exact) mass is 382 g/mol. The van der Waals surface area contributed by atoms with Gasteiger partial charge in [0, 0.05) is 22.8 Å². The fourth-order valence-corrected chi connectivity index (χ4v) is 2.54. The molecular formula is C20H19ClN4O2. The molecule has 0 aliphatic carbocycles. The van der Waals surface area contributed by atoms with Crippen LogP contribution < -0.4 is 5.32 Å². The number of carbonyl (C=O) groups excluding carboxylic acids is 1. The van der Waals surface area contributed by atoms with Gasteiger partial charge in [0.1, 0.15) is 6.54 Å². The van der Waals surface area contributed by atoms with Crippen LogP contribution in [-0.4, -0.2) is 27.6 Å². The molecule has 2 aromatic carbocycles. The van der Waals surface area contributed by atoms with Crippen molar-refractivity contribution in [3.8, 4) is 11.4 Å².